The predicted octanol–water partition coefficient (Wildman–Crippen LogP) is 5.40. The van der Waals surface area contributed by atoms with E-state index in [1.807, 2.05) is 6.07 Å². The largest absolute Gasteiger partial charge is 0.490 e. The van der Waals surface area contributed by atoms with Crippen molar-refractivity contribution in [2.45, 2.75) is 39.5 Å². The third-order valence-electron chi connectivity index (χ3n) is 4.93. The second kappa shape index (κ2) is 8.66. The van der Waals surface area contributed by atoms with Crippen LogP contribution in [-0.4, -0.2) is 19.8 Å². The van der Waals surface area contributed by atoms with Crippen molar-refractivity contribution in [2.75, 3.05) is 19.8 Å². The van der Waals surface area contributed by atoms with Gasteiger partial charge in [0.2, 0.25) is 0 Å². The van der Waals surface area contributed by atoms with E-state index in [1.54, 1.807) is 0 Å². The van der Waals surface area contributed by atoms with Gasteiger partial charge in [-0.1, -0.05) is 68.8 Å². The SMILES string of the molecule is Cc1ccc(OCCOc2ccc3ccccc3c2CCN)c(C(C)(C)C)c1. The zero-order chi connectivity index (χ0) is 20.1. The third kappa shape index (κ3) is 4.66. The molecule has 0 saturated carbocycles. The molecule has 2 N–H and O–H groups in total. The smallest absolute Gasteiger partial charge is 0.123 e. The molecule has 0 unspecified atom stereocenters. The number of hydrogen-bond acceptors (Lipinski definition) is 3. The second-order valence-corrected chi connectivity index (χ2v) is 8.25. The van der Waals surface area contributed by atoms with Crippen LogP contribution in [0.25, 0.3) is 10.8 Å². The molecule has 0 amide bonds. The van der Waals surface area contributed by atoms with E-state index in [-0.39, 0.29) is 5.41 Å². The highest BCUT2D eigenvalue weighted by Gasteiger charge is 2.19. The summed E-state index contributed by atoms with van der Waals surface area (Å²) in [7, 11) is 0. The second-order valence-electron chi connectivity index (χ2n) is 8.25. The fourth-order valence-corrected chi connectivity index (χ4v) is 3.51. The maximum Gasteiger partial charge on any atom is 0.123 e. The molecule has 3 rings (SSSR count). The van der Waals surface area contributed by atoms with E-state index in [0.29, 0.717) is 19.8 Å². The minimum Gasteiger partial charge on any atom is -0.490 e. The summed E-state index contributed by atoms with van der Waals surface area (Å²) in [5.74, 6) is 1.83. The van der Waals surface area contributed by atoms with Gasteiger partial charge in [-0.15, -0.1) is 0 Å². The molecular formula is C25H31NO2. The molecule has 28 heavy (non-hydrogen) atoms. The molecule has 0 spiro atoms. The van der Waals surface area contributed by atoms with Gasteiger partial charge >= 0.3 is 0 Å². The molecule has 0 aliphatic carbocycles. The summed E-state index contributed by atoms with van der Waals surface area (Å²) in [6, 6.07) is 18.9. The van der Waals surface area contributed by atoms with Gasteiger partial charge in [-0.25, -0.2) is 0 Å². The molecule has 148 valence electrons. The lowest BCUT2D eigenvalue weighted by molar-refractivity contribution is 0.213. The fraction of sp³-hybridized carbons (Fsp3) is 0.360. The number of ether oxygens (including phenoxy) is 2. The normalized spacial score (nSPS) is 11.6. The standard InChI is InChI=1S/C25H31NO2/c1-18-9-11-24(22(17-18)25(2,3)4)28-16-15-27-23-12-10-19-7-5-6-8-20(19)21(23)13-14-26/h5-12,17H,13-16,26H2,1-4H3. The lowest BCUT2D eigenvalue weighted by Crippen LogP contribution is -2.16. The van der Waals surface area contributed by atoms with Gasteiger partial charge < -0.3 is 15.2 Å². The van der Waals surface area contributed by atoms with Crippen molar-refractivity contribution >= 4 is 10.8 Å². The molecule has 0 atom stereocenters. The molecule has 0 fully saturated rings. The van der Waals surface area contributed by atoms with E-state index >= 15 is 0 Å². The molecule has 3 aromatic carbocycles. The van der Waals surface area contributed by atoms with Crippen LogP contribution in [0, 0.1) is 6.92 Å². The summed E-state index contributed by atoms with van der Waals surface area (Å²) >= 11 is 0. The first-order valence-corrected chi connectivity index (χ1v) is 9.97. The van der Waals surface area contributed by atoms with E-state index in [4.69, 9.17) is 15.2 Å². The van der Waals surface area contributed by atoms with Crippen molar-refractivity contribution in [3.8, 4) is 11.5 Å². The number of benzene rings is 3. The van der Waals surface area contributed by atoms with Crippen molar-refractivity contribution < 1.29 is 9.47 Å². The van der Waals surface area contributed by atoms with Gasteiger partial charge in [-0.3, -0.25) is 0 Å². The summed E-state index contributed by atoms with van der Waals surface area (Å²) in [4.78, 5) is 0. The molecule has 0 aliphatic heterocycles. The van der Waals surface area contributed by atoms with Gasteiger partial charge in [0.25, 0.3) is 0 Å². The lowest BCUT2D eigenvalue weighted by atomic mass is 9.85. The van der Waals surface area contributed by atoms with E-state index in [1.165, 1.54) is 27.5 Å². The van der Waals surface area contributed by atoms with Gasteiger partial charge in [0.1, 0.15) is 24.7 Å². The van der Waals surface area contributed by atoms with Crippen LogP contribution in [0.4, 0.5) is 0 Å². The molecule has 0 heterocycles. The number of hydrogen-bond donors (Lipinski definition) is 1. The van der Waals surface area contributed by atoms with Crippen LogP contribution in [0.5, 0.6) is 11.5 Å². The first-order chi connectivity index (χ1) is 13.4. The Kier molecular flexibility index (Phi) is 6.25. The molecule has 3 heteroatoms. The van der Waals surface area contributed by atoms with Crippen LogP contribution in [-0.2, 0) is 11.8 Å². The Morgan fingerprint density at radius 1 is 0.857 bits per heavy atom. The minimum atomic E-state index is 0.0366. The van der Waals surface area contributed by atoms with Crippen molar-refractivity contribution in [1.82, 2.24) is 0 Å². The molecule has 3 aromatic rings. The number of fused-ring (bicyclic) bond motifs is 1. The van der Waals surface area contributed by atoms with Crippen LogP contribution < -0.4 is 15.2 Å². The molecular weight excluding hydrogens is 346 g/mol. The summed E-state index contributed by atoms with van der Waals surface area (Å²) in [6.07, 6.45) is 0.795. The maximum absolute atomic E-state index is 6.09. The van der Waals surface area contributed by atoms with Crippen LogP contribution in [0.2, 0.25) is 0 Å². The summed E-state index contributed by atoms with van der Waals surface area (Å²) in [6.45, 7) is 10.3. The summed E-state index contributed by atoms with van der Waals surface area (Å²) < 4.78 is 12.2. The number of rotatable bonds is 7. The fourth-order valence-electron chi connectivity index (χ4n) is 3.51. The monoisotopic (exact) mass is 377 g/mol. The Bertz CT molecular complexity index is 941. The summed E-state index contributed by atoms with van der Waals surface area (Å²) in [5, 5.41) is 2.42. The zero-order valence-electron chi connectivity index (χ0n) is 17.4. The Morgan fingerprint density at radius 3 is 2.25 bits per heavy atom. The third-order valence-corrected chi connectivity index (χ3v) is 4.93. The topological polar surface area (TPSA) is 44.5 Å². The Hall–Kier alpha value is -2.52. The molecule has 0 aliphatic rings. The van der Waals surface area contributed by atoms with Crippen LogP contribution in [0.3, 0.4) is 0 Å². The van der Waals surface area contributed by atoms with Crippen LogP contribution in [0.15, 0.2) is 54.6 Å². The van der Waals surface area contributed by atoms with E-state index in [2.05, 4.69) is 76.2 Å². The quantitative estimate of drug-likeness (QED) is 0.560. The highest BCUT2D eigenvalue weighted by atomic mass is 16.5. The first-order valence-electron chi connectivity index (χ1n) is 9.97. The van der Waals surface area contributed by atoms with Crippen LogP contribution >= 0.6 is 0 Å². The van der Waals surface area contributed by atoms with Crippen molar-refractivity contribution in [3.63, 3.8) is 0 Å². The first kappa shape index (κ1) is 20.2. The number of aryl methyl sites for hydroxylation is 1. The van der Waals surface area contributed by atoms with Gasteiger partial charge in [0.05, 0.1) is 0 Å². The predicted molar refractivity (Wildman–Crippen MR) is 118 cm³/mol. The molecule has 0 aromatic heterocycles. The van der Waals surface area contributed by atoms with Gasteiger partial charge in [0, 0.05) is 5.56 Å². The summed E-state index contributed by atoms with van der Waals surface area (Å²) in [5.41, 5.74) is 9.52. The molecule has 0 bridgehead atoms. The van der Waals surface area contributed by atoms with Gasteiger partial charge in [0.15, 0.2) is 0 Å². The highest BCUT2D eigenvalue weighted by molar-refractivity contribution is 5.87. The van der Waals surface area contributed by atoms with E-state index in [9.17, 15) is 0 Å². The molecule has 0 saturated heterocycles. The number of nitrogens with two attached hydrogens (primary N) is 1. The van der Waals surface area contributed by atoms with Crippen molar-refractivity contribution in [1.29, 1.82) is 0 Å². The van der Waals surface area contributed by atoms with E-state index in [0.717, 1.165) is 17.9 Å². The minimum absolute atomic E-state index is 0.0366. The Balaban J connectivity index is 1.70. The van der Waals surface area contributed by atoms with Gasteiger partial charge in [-0.2, -0.15) is 0 Å². The average Bonchev–Trinajstić information content (AvgIpc) is 2.67. The van der Waals surface area contributed by atoms with Crippen molar-refractivity contribution in [2.24, 2.45) is 5.73 Å². The zero-order valence-corrected chi connectivity index (χ0v) is 17.4. The lowest BCUT2D eigenvalue weighted by Gasteiger charge is -2.23. The van der Waals surface area contributed by atoms with E-state index < -0.39 is 0 Å². The maximum atomic E-state index is 6.09. The average molecular weight is 378 g/mol. The molecule has 3 nitrogen and oxygen atoms in total. The van der Waals surface area contributed by atoms with Crippen molar-refractivity contribution in [3.05, 3.63) is 71.3 Å². The highest BCUT2D eigenvalue weighted by Crippen LogP contribution is 2.32. The van der Waals surface area contributed by atoms with Crippen LogP contribution in [0.1, 0.15) is 37.5 Å². The van der Waals surface area contributed by atoms with Gasteiger partial charge in [-0.05, 0) is 53.8 Å². The Morgan fingerprint density at radius 2 is 1.54 bits per heavy atom. The molecule has 0 radical (unpaired) electrons. The Labute approximate surface area is 168 Å².